The van der Waals surface area contributed by atoms with E-state index in [-0.39, 0.29) is 25.5 Å². The summed E-state index contributed by atoms with van der Waals surface area (Å²) in [5, 5.41) is 16.4. The standard InChI is InChI=1S/C23H24N6O5S/c1-33-20-5-3-16-21(28-20)15(6-7-25-16)17-11-29(23(32)34-17)10-14(30)9-24-8-13-2-4-18-22(26-13)27-19(31)12-35-18/h2-7,14,17,24,30H,8-12H2,1H3,(H,26,27,31)/t14-,17-/m0/s1. The first-order chi connectivity index (χ1) is 17.0. The summed E-state index contributed by atoms with van der Waals surface area (Å²) in [6, 6.07) is 9.12. The fraction of sp³-hybridized carbons (Fsp3) is 0.348. The van der Waals surface area contributed by atoms with Gasteiger partial charge in [-0.3, -0.25) is 9.78 Å². The van der Waals surface area contributed by atoms with E-state index in [1.165, 1.54) is 23.8 Å². The van der Waals surface area contributed by atoms with Crippen LogP contribution in [0.25, 0.3) is 11.0 Å². The number of β-amino-alcohol motifs (C(OH)–C–C–N with tert-alkyl or cyclic N) is 1. The van der Waals surface area contributed by atoms with Gasteiger partial charge in [-0.1, -0.05) is 0 Å². The van der Waals surface area contributed by atoms with Crippen molar-refractivity contribution in [3.8, 4) is 5.88 Å². The number of rotatable bonds is 8. The van der Waals surface area contributed by atoms with Crippen LogP contribution in [-0.2, 0) is 16.1 Å². The smallest absolute Gasteiger partial charge is 0.410 e. The van der Waals surface area contributed by atoms with Gasteiger partial charge in [-0.25, -0.2) is 14.8 Å². The summed E-state index contributed by atoms with van der Waals surface area (Å²) < 4.78 is 10.8. The lowest BCUT2D eigenvalue weighted by molar-refractivity contribution is -0.113. The maximum Gasteiger partial charge on any atom is 0.410 e. The van der Waals surface area contributed by atoms with Gasteiger partial charge >= 0.3 is 6.09 Å². The molecule has 3 N–H and O–H groups in total. The van der Waals surface area contributed by atoms with Crippen LogP contribution in [0.15, 0.2) is 41.4 Å². The summed E-state index contributed by atoms with van der Waals surface area (Å²) in [5.41, 5.74) is 2.77. The van der Waals surface area contributed by atoms with Crippen molar-refractivity contribution in [3.05, 3.63) is 47.8 Å². The van der Waals surface area contributed by atoms with Crippen molar-refractivity contribution in [1.82, 2.24) is 25.2 Å². The Hall–Kier alpha value is -3.48. The molecule has 2 atom stereocenters. The quantitative estimate of drug-likeness (QED) is 0.422. The Labute approximate surface area is 205 Å². The lowest BCUT2D eigenvalue weighted by atomic mass is 10.1. The van der Waals surface area contributed by atoms with E-state index in [9.17, 15) is 14.7 Å². The van der Waals surface area contributed by atoms with Crippen LogP contribution in [0.3, 0.4) is 0 Å². The maximum absolute atomic E-state index is 12.5. The molecule has 2 amide bonds. The lowest BCUT2D eigenvalue weighted by Crippen LogP contribution is -2.38. The number of aliphatic hydroxyl groups excluding tert-OH is 1. The van der Waals surface area contributed by atoms with Gasteiger partial charge in [0.05, 0.1) is 53.7 Å². The number of thioether (sulfide) groups is 1. The van der Waals surface area contributed by atoms with E-state index in [1.807, 2.05) is 12.1 Å². The number of hydrogen-bond acceptors (Lipinski definition) is 10. The summed E-state index contributed by atoms with van der Waals surface area (Å²) >= 11 is 1.46. The number of carbonyl (C=O) groups excluding carboxylic acids is 2. The van der Waals surface area contributed by atoms with Crippen LogP contribution >= 0.6 is 11.8 Å². The zero-order valence-electron chi connectivity index (χ0n) is 18.9. The third kappa shape index (κ3) is 5.14. The Morgan fingerprint density at radius 1 is 1.29 bits per heavy atom. The Bertz CT molecular complexity index is 1270. The topological polar surface area (TPSA) is 139 Å². The second-order valence-electron chi connectivity index (χ2n) is 8.17. The molecule has 0 radical (unpaired) electrons. The van der Waals surface area contributed by atoms with Gasteiger partial charge in [0.2, 0.25) is 11.8 Å². The molecule has 35 heavy (non-hydrogen) atoms. The molecule has 0 bridgehead atoms. The molecule has 0 aromatic carbocycles. The first-order valence-electron chi connectivity index (χ1n) is 11.1. The number of methoxy groups -OCH3 is 1. The molecule has 3 aromatic heterocycles. The minimum absolute atomic E-state index is 0.0685. The van der Waals surface area contributed by atoms with Crippen molar-refractivity contribution in [3.63, 3.8) is 0 Å². The van der Waals surface area contributed by atoms with E-state index < -0.39 is 18.3 Å². The highest BCUT2D eigenvalue weighted by molar-refractivity contribution is 8.00. The Balaban J connectivity index is 1.16. The monoisotopic (exact) mass is 496 g/mol. The molecule has 2 aliphatic rings. The first-order valence-corrected chi connectivity index (χ1v) is 12.1. The lowest BCUT2D eigenvalue weighted by Gasteiger charge is -2.19. The minimum atomic E-state index is -0.804. The van der Waals surface area contributed by atoms with Gasteiger partial charge in [0, 0.05) is 30.9 Å². The summed E-state index contributed by atoms with van der Waals surface area (Å²) in [4.78, 5) is 39.7. The largest absolute Gasteiger partial charge is 0.481 e. The number of hydrogen-bond donors (Lipinski definition) is 3. The molecule has 0 saturated carbocycles. The van der Waals surface area contributed by atoms with Crippen molar-refractivity contribution in [1.29, 1.82) is 0 Å². The van der Waals surface area contributed by atoms with Crippen LogP contribution in [0, 0.1) is 0 Å². The van der Waals surface area contributed by atoms with Gasteiger partial charge in [0.1, 0.15) is 11.9 Å². The Kier molecular flexibility index (Phi) is 6.66. The van der Waals surface area contributed by atoms with Crippen molar-refractivity contribution in [2.24, 2.45) is 0 Å². The number of carbonyl (C=O) groups is 2. The molecular formula is C23H24N6O5S. The molecule has 0 unspecified atom stereocenters. The van der Waals surface area contributed by atoms with E-state index in [0.717, 1.165) is 16.2 Å². The molecule has 11 nitrogen and oxygen atoms in total. The zero-order chi connectivity index (χ0) is 24.4. The molecular weight excluding hydrogens is 472 g/mol. The number of anilines is 1. The Morgan fingerprint density at radius 2 is 2.17 bits per heavy atom. The van der Waals surface area contributed by atoms with E-state index >= 15 is 0 Å². The van der Waals surface area contributed by atoms with Crippen molar-refractivity contribution >= 4 is 40.6 Å². The zero-order valence-corrected chi connectivity index (χ0v) is 19.7. The molecule has 0 spiro atoms. The second-order valence-corrected chi connectivity index (χ2v) is 9.19. The van der Waals surface area contributed by atoms with Crippen molar-refractivity contribution in [2.45, 2.75) is 23.6 Å². The molecule has 1 saturated heterocycles. The average Bonchev–Trinajstić information content (AvgIpc) is 3.22. The van der Waals surface area contributed by atoms with Crippen molar-refractivity contribution in [2.75, 3.05) is 37.8 Å². The molecule has 0 aliphatic carbocycles. The summed E-state index contributed by atoms with van der Waals surface area (Å²) in [6.07, 6.45) is -0.173. The number of nitrogens with one attached hydrogen (secondary N) is 2. The van der Waals surface area contributed by atoms with E-state index in [1.54, 1.807) is 24.4 Å². The van der Waals surface area contributed by atoms with Crippen LogP contribution < -0.4 is 15.4 Å². The van der Waals surface area contributed by atoms with Gasteiger partial charge in [-0.15, -0.1) is 11.8 Å². The van der Waals surface area contributed by atoms with Crippen molar-refractivity contribution < 1.29 is 24.2 Å². The number of fused-ring (bicyclic) bond motifs is 2. The maximum atomic E-state index is 12.5. The van der Waals surface area contributed by atoms with Crippen LogP contribution in [-0.4, -0.2) is 75.6 Å². The summed E-state index contributed by atoms with van der Waals surface area (Å²) in [6.45, 7) is 1.07. The number of aliphatic hydroxyl groups is 1. The SMILES string of the molecule is COc1ccc2nccc([C@@H]3CN(C[C@@H](O)CNCc4ccc5c(n4)NC(=O)CS5)C(=O)O3)c2n1. The number of aromatic nitrogens is 3. The van der Waals surface area contributed by atoms with Gasteiger partial charge in [0.15, 0.2) is 0 Å². The number of amides is 2. The number of ether oxygens (including phenoxy) is 2. The molecule has 5 rings (SSSR count). The third-order valence-electron chi connectivity index (χ3n) is 5.68. The number of pyridine rings is 3. The molecule has 5 heterocycles. The van der Waals surface area contributed by atoms with E-state index in [0.29, 0.717) is 35.0 Å². The molecule has 3 aromatic rings. The highest BCUT2D eigenvalue weighted by Crippen LogP contribution is 2.31. The molecule has 1 fully saturated rings. The second kappa shape index (κ2) is 10.0. The summed E-state index contributed by atoms with van der Waals surface area (Å²) in [7, 11) is 1.54. The van der Waals surface area contributed by atoms with Crippen LogP contribution in [0.2, 0.25) is 0 Å². The number of nitrogens with zero attached hydrogens (tertiary/aromatic N) is 4. The number of cyclic esters (lactones) is 1. The third-order valence-corrected chi connectivity index (χ3v) is 6.73. The van der Waals surface area contributed by atoms with Crippen LogP contribution in [0.1, 0.15) is 17.4 Å². The molecule has 182 valence electrons. The normalized spacial score (nSPS) is 18.2. The fourth-order valence-corrected chi connectivity index (χ4v) is 4.76. The van der Waals surface area contributed by atoms with E-state index in [4.69, 9.17) is 9.47 Å². The molecule has 12 heteroatoms. The van der Waals surface area contributed by atoms with Crippen LogP contribution in [0.4, 0.5) is 10.6 Å². The Morgan fingerprint density at radius 3 is 3.03 bits per heavy atom. The highest BCUT2D eigenvalue weighted by atomic mass is 32.2. The average molecular weight is 497 g/mol. The van der Waals surface area contributed by atoms with Gasteiger partial charge < -0.3 is 30.1 Å². The minimum Gasteiger partial charge on any atom is -0.481 e. The predicted octanol–water partition coefficient (Wildman–Crippen LogP) is 1.72. The summed E-state index contributed by atoms with van der Waals surface area (Å²) in [5.74, 6) is 1.33. The first kappa shape index (κ1) is 23.3. The predicted molar refractivity (Wildman–Crippen MR) is 128 cm³/mol. The highest BCUT2D eigenvalue weighted by Gasteiger charge is 2.34. The van der Waals surface area contributed by atoms with Gasteiger partial charge in [-0.2, -0.15) is 0 Å². The van der Waals surface area contributed by atoms with Gasteiger partial charge in [-0.05, 0) is 24.3 Å². The van der Waals surface area contributed by atoms with E-state index in [2.05, 4.69) is 25.6 Å². The fourth-order valence-electron chi connectivity index (χ4n) is 4.01. The molecule has 2 aliphatic heterocycles. The van der Waals surface area contributed by atoms with Gasteiger partial charge in [0.25, 0.3) is 0 Å². The van der Waals surface area contributed by atoms with Crippen LogP contribution in [0.5, 0.6) is 5.88 Å².